The predicted molar refractivity (Wildman–Crippen MR) is 125 cm³/mol. The molecule has 9 heteroatoms. The maximum Gasteiger partial charge on any atom is 0.233 e. The Morgan fingerprint density at radius 1 is 0.781 bits per heavy atom. The summed E-state index contributed by atoms with van der Waals surface area (Å²) in [7, 11) is 3.21. The molecule has 2 aromatic carbocycles. The van der Waals surface area contributed by atoms with Crippen molar-refractivity contribution < 1.29 is 14.2 Å². The highest BCUT2D eigenvalue weighted by Gasteiger charge is 2.17. The SMILES string of the molecule is COc1ccc(Nc2nc(Nc3ccc(C)c(C)c3)nc(N3CCOCC3)n2)cc1OC. The van der Waals surface area contributed by atoms with Crippen LogP contribution in [0.3, 0.4) is 0 Å². The van der Waals surface area contributed by atoms with Crippen molar-refractivity contribution in [1.82, 2.24) is 15.0 Å². The third kappa shape index (κ3) is 5.00. The monoisotopic (exact) mass is 436 g/mol. The Hall–Kier alpha value is -3.59. The number of benzene rings is 2. The van der Waals surface area contributed by atoms with Crippen LogP contribution in [0.4, 0.5) is 29.2 Å². The number of nitrogens with one attached hydrogen (secondary N) is 2. The number of hydrogen-bond donors (Lipinski definition) is 2. The number of anilines is 5. The maximum atomic E-state index is 5.47. The van der Waals surface area contributed by atoms with Crippen molar-refractivity contribution in [2.75, 3.05) is 56.1 Å². The standard InChI is InChI=1S/C23H28N6O3/c1-15-5-6-17(13-16(15)2)24-21-26-22(28-23(27-21)29-9-11-32-12-10-29)25-18-7-8-19(30-3)20(14-18)31-4/h5-8,13-14H,9-12H2,1-4H3,(H2,24,25,26,27,28). The van der Waals surface area contributed by atoms with Gasteiger partial charge in [0.25, 0.3) is 0 Å². The van der Waals surface area contributed by atoms with E-state index in [1.807, 2.05) is 24.3 Å². The number of morpholine rings is 1. The normalized spacial score (nSPS) is 13.6. The summed E-state index contributed by atoms with van der Waals surface area (Å²) in [6, 6.07) is 11.7. The molecule has 2 heterocycles. The molecule has 0 aliphatic carbocycles. The molecule has 3 aromatic rings. The molecule has 1 saturated heterocycles. The Morgan fingerprint density at radius 2 is 1.41 bits per heavy atom. The second-order valence-electron chi connectivity index (χ2n) is 7.50. The lowest BCUT2D eigenvalue weighted by atomic mass is 10.1. The number of ether oxygens (including phenoxy) is 3. The van der Waals surface area contributed by atoms with Crippen molar-refractivity contribution >= 4 is 29.2 Å². The number of methoxy groups -OCH3 is 2. The fourth-order valence-corrected chi connectivity index (χ4v) is 3.37. The quantitative estimate of drug-likeness (QED) is 0.573. The van der Waals surface area contributed by atoms with Crippen molar-refractivity contribution in [3.05, 3.63) is 47.5 Å². The number of nitrogens with zero attached hydrogens (tertiary/aromatic N) is 4. The zero-order valence-corrected chi connectivity index (χ0v) is 18.8. The fraction of sp³-hybridized carbons (Fsp3) is 0.348. The van der Waals surface area contributed by atoms with E-state index in [-0.39, 0.29) is 0 Å². The summed E-state index contributed by atoms with van der Waals surface area (Å²) in [6.45, 7) is 6.90. The molecule has 9 nitrogen and oxygen atoms in total. The summed E-state index contributed by atoms with van der Waals surface area (Å²) in [6.07, 6.45) is 0. The number of aryl methyl sites for hydroxylation is 2. The second-order valence-corrected chi connectivity index (χ2v) is 7.50. The Balaban J connectivity index is 1.65. The number of aromatic nitrogens is 3. The molecule has 0 radical (unpaired) electrons. The van der Waals surface area contributed by atoms with Crippen molar-refractivity contribution in [1.29, 1.82) is 0 Å². The van der Waals surface area contributed by atoms with Crippen LogP contribution in [-0.4, -0.2) is 55.5 Å². The van der Waals surface area contributed by atoms with Crippen molar-refractivity contribution in [2.45, 2.75) is 13.8 Å². The molecule has 1 fully saturated rings. The molecule has 1 aliphatic rings. The maximum absolute atomic E-state index is 5.47. The largest absolute Gasteiger partial charge is 0.493 e. The van der Waals surface area contributed by atoms with Crippen molar-refractivity contribution in [3.63, 3.8) is 0 Å². The molecule has 168 valence electrons. The first-order valence-corrected chi connectivity index (χ1v) is 10.5. The van der Waals surface area contributed by atoms with Crippen LogP contribution in [0, 0.1) is 13.8 Å². The summed E-state index contributed by atoms with van der Waals surface area (Å²) in [5, 5.41) is 6.57. The molecule has 1 aromatic heterocycles. The molecular formula is C23H28N6O3. The smallest absolute Gasteiger partial charge is 0.233 e. The van der Waals surface area contributed by atoms with E-state index in [2.05, 4.69) is 56.5 Å². The summed E-state index contributed by atoms with van der Waals surface area (Å²) in [5.41, 5.74) is 4.13. The summed E-state index contributed by atoms with van der Waals surface area (Å²) < 4.78 is 16.2. The second kappa shape index (κ2) is 9.69. The molecule has 0 amide bonds. The summed E-state index contributed by atoms with van der Waals surface area (Å²) in [5.74, 6) is 2.76. The number of rotatable bonds is 7. The van der Waals surface area contributed by atoms with Crippen molar-refractivity contribution in [2.24, 2.45) is 0 Å². The fourth-order valence-electron chi connectivity index (χ4n) is 3.37. The van der Waals surface area contributed by atoms with E-state index in [1.165, 1.54) is 11.1 Å². The molecular weight excluding hydrogens is 408 g/mol. The molecule has 0 unspecified atom stereocenters. The molecule has 4 rings (SSSR count). The van der Waals surface area contributed by atoms with Crippen LogP contribution < -0.4 is 25.0 Å². The molecule has 1 aliphatic heterocycles. The van der Waals surface area contributed by atoms with Gasteiger partial charge in [-0.05, 0) is 49.2 Å². The lowest BCUT2D eigenvalue weighted by Gasteiger charge is -2.27. The van der Waals surface area contributed by atoms with Crippen LogP contribution in [0.15, 0.2) is 36.4 Å². The topological polar surface area (TPSA) is 93.7 Å². The lowest BCUT2D eigenvalue weighted by Crippen LogP contribution is -2.37. The van der Waals surface area contributed by atoms with Crippen molar-refractivity contribution in [3.8, 4) is 11.5 Å². The average molecular weight is 437 g/mol. The molecule has 0 saturated carbocycles. The minimum Gasteiger partial charge on any atom is -0.493 e. The van der Waals surface area contributed by atoms with Gasteiger partial charge >= 0.3 is 0 Å². The minimum atomic E-state index is 0.431. The third-order valence-electron chi connectivity index (χ3n) is 5.32. The minimum absolute atomic E-state index is 0.431. The first-order valence-electron chi connectivity index (χ1n) is 10.5. The summed E-state index contributed by atoms with van der Waals surface area (Å²) in [4.78, 5) is 16.0. The highest BCUT2D eigenvalue weighted by Crippen LogP contribution is 2.31. The van der Waals surface area contributed by atoms with Crippen LogP contribution >= 0.6 is 0 Å². The van der Waals surface area contributed by atoms with Gasteiger partial charge in [0.1, 0.15) is 0 Å². The van der Waals surface area contributed by atoms with Gasteiger partial charge in [-0.15, -0.1) is 0 Å². The third-order valence-corrected chi connectivity index (χ3v) is 5.32. The van der Waals surface area contributed by atoms with Gasteiger partial charge in [0.05, 0.1) is 27.4 Å². The van der Waals surface area contributed by atoms with Gasteiger partial charge in [0, 0.05) is 30.5 Å². The first kappa shape index (κ1) is 21.6. The van der Waals surface area contributed by atoms with Gasteiger partial charge in [-0.1, -0.05) is 6.07 Å². The van der Waals surface area contributed by atoms with Crippen LogP contribution in [0.5, 0.6) is 11.5 Å². The molecule has 2 N–H and O–H groups in total. The Kier molecular flexibility index (Phi) is 6.55. The molecule has 0 spiro atoms. The zero-order valence-electron chi connectivity index (χ0n) is 18.8. The highest BCUT2D eigenvalue weighted by molar-refractivity contribution is 5.63. The molecule has 0 bridgehead atoms. The zero-order chi connectivity index (χ0) is 22.5. The Bertz CT molecular complexity index is 1090. The van der Waals surface area contributed by atoms with Gasteiger partial charge in [0.15, 0.2) is 11.5 Å². The van der Waals surface area contributed by atoms with E-state index in [0.29, 0.717) is 42.6 Å². The highest BCUT2D eigenvalue weighted by atomic mass is 16.5. The lowest BCUT2D eigenvalue weighted by molar-refractivity contribution is 0.122. The van der Waals surface area contributed by atoms with Gasteiger partial charge in [0.2, 0.25) is 17.8 Å². The first-order chi connectivity index (χ1) is 15.6. The van der Waals surface area contributed by atoms with E-state index in [0.717, 1.165) is 24.5 Å². The van der Waals surface area contributed by atoms with E-state index in [4.69, 9.17) is 14.2 Å². The van der Waals surface area contributed by atoms with E-state index < -0.39 is 0 Å². The van der Waals surface area contributed by atoms with E-state index >= 15 is 0 Å². The van der Waals surface area contributed by atoms with Gasteiger partial charge in [-0.25, -0.2) is 0 Å². The van der Waals surface area contributed by atoms with Gasteiger partial charge in [-0.2, -0.15) is 15.0 Å². The molecule has 0 atom stereocenters. The summed E-state index contributed by atoms with van der Waals surface area (Å²) >= 11 is 0. The van der Waals surface area contributed by atoms with Gasteiger partial charge in [-0.3, -0.25) is 0 Å². The Labute approximate surface area is 187 Å². The van der Waals surface area contributed by atoms with Gasteiger partial charge < -0.3 is 29.7 Å². The number of hydrogen-bond acceptors (Lipinski definition) is 9. The van der Waals surface area contributed by atoms with E-state index in [1.54, 1.807) is 14.2 Å². The molecule has 32 heavy (non-hydrogen) atoms. The Morgan fingerprint density at radius 3 is 2.03 bits per heavy atom. The van der Waals surface area contributed by atoms with Crippen LogP contribution in [0.25, 0.3) is 0 Å². The van der Waals surface area contributed by atoms with Crippen LogP contribution in [0.1, 0.15) is 11.1 Å². The van der Waals surface area contributed by atoms with E-state index in [9.17, 15) is 0 Å². The average Bonchev–Trinajstić information content (AvgIpc) is 2.82. The predicted octanol–water partition coefficient (Wildman–Crippen LogP) is 3.83. The van der Waals surface area contributed by atoms with Crippen LogP contribution in [0.2, 0.25) is 0 Å². The van der Waals surface area contributed by atoms with Crippen LogP contribution in [-0.2, 0) is 4.74 Å².